The Bertz CT molecular complexity index is 824. The molecule has 1 aliphatic heterocycles. The molecule has 0 spiro atoms. The van der Waals surface area contributed by atoms with Crippen molar-refractivity contribution in [3.63, 3.8) is 0 Å². The van der Waals surface area contributed by atoms with Crippen LogP contribution < -0.4 is 10.1 Å². The van der Waals surface area contributed by atoms with Gasteiger partial charge < -0.3 is 15.2 Å². The normalized spacial score (nSPS) is 27.1. The summed E-state index contributed by atoms with van der Waals surface area (Å²) in [6.45, 7) is 1.03. The molecule has 1 amide bonds. The minimum atomic E-state index is -0.630. The molecule has 0 bridgehead atoms. The second-order valence-corrected chi connectivity index (χ2v) is 8.31. The Balaban J connectivity index is 1.57. The summed E-state index contributed by atoms with van der Waals surface area (Å²) >= 11 is 0. The van der Waals surface area contributed by atoms with Gasteiger partial charge >= 0.3 is 0 Å². The Labute approximate surface area is 172 Å². The number of nitrogens with zero attached hydrogens (tertiary/aromatic N) is 1. The number of amides is 1. The van der Waals surface area contributed by atoms with E-state index in [1.807, 2.05) is 42.5 Å². The fraction of sp³-hybridized carbons (Fsp3) is 0.458. The van der Waals surface area contributed by atoms with Crippen LogP contribution in [0.2, 0.25) is 0 Å². The van der Waals surface area contributed by atoms with E-state index in [-0.39, 0.29) is 17.9 Å². The highest BCUT2D eigenvalue weighted by atomic mass is 16.5. The molecule has 5 nitrogen and oxygen atoms in total. The molecule has 0 unspecified atom stereocenters. The van der Waals surface area contributed by atoms with Crippen LogP contribution in [0.3, 0.4) is 0 Å². The van der Waals surface area contributed by atoms with Gasteiger partial charge in [0, 0.05) is 24.2 Å². The van der Waals surface area contributed by atoms with Crippen molar-refractivity contribution in [3.8, 4) is 5.75 Å². The maximum atomic E-state index is 12.8. The van der Waals surface area contributed by atoms with Crippen LogP contribution in [0.5, 0.6) is 5.75 Å². The number of carbonyl (C=O) groups excluding carboxylic acids is 1. The van der Waals surface area contributed by atoms with Crippen LogP contribution in [0.15, 0.2) is 54.6 Å². The number of anilines is 1. The molecular formula is C24H30N2O3. The molecular weight excluding hydrogens is 364 g/mol. The first-order chi connectivity index (χ1) is 14.1. The molecule has 2 fully saturated rings. The van der Waals surface area contributed by atoms with E-state index in [1.165, 1.54) is 0 Å². The van der Waals surface area contributed by atoms with E-state index in [4.69, 9.17) is 4.74 Å². The number of fused-ring (bicyclic) bond motifs is 1. The first-order valence-corrected chi connectivity index (χ1v) is 10.5. The smallest absolute Gasteiger partial charge is 0.238 e. The highest BCUT2D eigenvalue weighted by molar-refractivity contribution is 5.92. The molecule has 5 heteroatoms. The second kappa shape index (κ2) is 8.56. The minimum absolute atomic E-state index is 0.0176. The molecule has 2 aromatic carbocycles. The van der Waals surface area contributed by atoms with Crippen LogP contribution in [-0.4, -0.2) is 41.7 Å². The molecule has 154 valence electrons. The number of hydrogen-bond acceptors (Lipinski definition) is 4. The van der Waals surface area contributed by atoms with Gasteiger partial charge in [-0.15, -0.1) is 0 Å². The molecule has 0 aromatic heterocycles. The molecule has 1 saturated carbocycles. The largest absolute Gasteiger partial charge is 0.497 e. The van der Waals surface area contributed by atoms with Crippen molar-refractivity contribution in [2.75, 3.05) is 25.5 Å². The van der Waals surface area contributed by atoms with Crippen molar-refractivity contribution in [1.29, 1.82) is 0 Å². The lowest BCUT2D eigenvalue weighted by atomic mass is 9.66. The summed E-state index contributed by atoms with van der Waals surface area (Å²) in [4.78, 5) is 15.0. The van der Waals surface area contributed by atoms with Crippen LogP contribution in [0.25, 0.3) is 0 Å². The van der Waals surface area contributed by atoms with E-state index < -0.39 is 5.60 Å². The van der Waals surface area contributed by atoms with Gasteiger partial charge in [-0.2, -0.15) is 0 Å². The fourth-order valence-corrected chi connectivity index (χ4v) is 5.07. The number of piperidine rings is 1. The Morgan fingerprint density at radius 3 is 2.62 bits per heavy atom. The van der Waals surface area contributed by atoms with E-state index in [0.717, 1.165) is 49.1 Å². The number of likely N-dealkylation sites (tertiary alicyclic amines) is 1. The summed E-state index contributed by atoms with van der Waals surface area (Å²) in [7, 11) is 1.66. The summed E-state index contributed by atoms with van der Waals surface area (Å²) in [5.74, 6) is 0.940. The van der Waals surface area contributed by atoms with Crippen LogP contribution in [-0.2, 0) is 4.79 Å². The monoisotopic (exact) mass is 394 g/mol. The van der Waals surface area contributed by atoms with Crippen molar-refractivity contribution in [1.82, 2.24) is 4.90 Å². The number of para-hydroxylation sites is 1. The summed E-state index contributed by atoms with van der Waals surface area (Å²) in [5.41, 5.74) is 1.32. The molecule has 3 atom stereocenters. The number of aliphatic hydroxyl groups is 1. The highest BCUT2D eigenvalue weighted by Crippen LogP contribution is 2.49. The summed E-state index contributed by atoms with van der Waals surface area (Å²) in [5, 5.41) is 14.4. The maximum Gasteiger partial charge on any atom is 0.238 e. The van der Waals surface area contributed by atoms with Crippen molar-refractivity contribution in [2.24, 2.45) is 5.92 Å². The van der Waals surface area contributed by atoms with E-state index in [0.29, 0.717) is 13.1 Å². The van der Waals surface area contributed by atoms with Gasteiger partial charge in [0.25, 0.3) is 0 Å². The number of methoxy groups -OCH3 is 1. The number of benzene rings is 2. The second-order valence-electron chi connectivity index (χ2n) is 8.31. The Hall–Kier alpha value is -2.37. The van der Waals surface area contributed by atoms with Gasteiger partial charge in [0.05, 0.1) is 19.3 Å². The lowest BCUT2D eigenvalue weighted by Gasteiger charge is -2.52. The van der Waals surface area contributed by atoms with Crippen LogP contribution >= 0.6 is 0 Å². The maximum absolute atomic E-state index is 12.8. The van der Waals surface area contributed by atoms with Gasteiger partial charge in [-0.25, -0.2) is 0 Å². The summed E-state index contributed by atoms with van der Waals surface area (Å²) in [6, 6.07) is 17.7. The van der Waals surface area contributed by atoms with Crippen molar-refractivity contribution >= 4 is 11.6 Å². The Kier molecular flexibility index (Phi) is 5.88. The molecule has 1 aliphatic carbocycles. The Morgan fingerprint density at radius 2 is 1.90 bits per heavy atom. The van der Waals surface area contributed by atoms with E-state index >= 15 is 0 Å². The number of ether oxygens (including phenoxy) is 1. The molecule has 1 saturated heterocycles. The zero-order valence-corrected chi connectivity index (χ0v) is 17.0. The molecule has 2 aliphatic rings. The molecule has 2 aromatic rings. The third-order valence-corrected chi connectivity index (χ3v) is 6.53. The van der Waals surface area contributed by atoms with E-state index in [2.05, 4.69) is 22.3 Å². The van der Waals surface area contributed by atoms with Crippen molar-refractivity contribution < 1.29 is 14.6 Å². The lowest BCUT2D eigenvalue weighted by molar-refractivity contribution is -0.135. The standard InChI is InChI=1S/C24H30N2O3/c1-29-20-12-10-18(11-13-20)23-21-9-5-6-14-24(21,28)15-16-26(23)17-22(27)25-19-7-3-2-4-8-19/h2-4,7-8,10-13,21,23,28H,5-6,9,14-17H2,1H3,(H,25,27)/t21-,23-,24-/m0/s1. The van der Waals surface area contributed by atoms with Gasteiger partial charge in [-0.05, 0) is 49.1 Å². The summed E-state index contributed by atoms with van der Waals surface area (Å²) < 4.78 is 5.31. The number of rotatable bonds is 5. The average Bonchev–Trinajstić information content (AvgIpc) is 2.74. The third-order valence-electron chi connectivity index (χ3n) is 6.53. The van der Waals surface area contributed by atoms with E-state index in [1.54, 1.807) is 7.11 Å². The predicted octanol–water partition coefficient (Wildman–Crippen LogP) is 4.00. The first-order valence-electron chi connectivity index (χ1n) is 10.5. The van der Waals surface area contributed by atoms with Gasteiger partial charge in [0.15, 0.2) is 0 Å². The third kappa shape index (κ3) is 4.31. The first kappa shape index (κ1) is 19.9. The zero-order chi connectivity index (χ0) is 20.3. The SMILES string of the molecule is COc1ccc([C@H]2[C@@H]3CCCC[C@]3(O)CCN2CC(=O)Nc2ccccc2)cc1. The van der Waals surface area contributed by atoms with Gasteiger partial charge in [0.1, 0.15) is 5.75 Å². The zero-order valence-electron chi connectivity index (χ0n) is 17.0. The molecule has 2 N–H and O–H groups in total. The minimum Gasteiger partial charge on any atom is -0.497 e. The quantitative estimate of drug-likeness (QED) is 0.805. The van der Waals surface area contributed by atoms with Gasteiger partial charge in [-0.3, -0.25) is 9.69 Å². The number of nitrogens with one attached hydrogen (secondary N) is 1. The lowest BCUT2D eigenvalue weighted by Crippen LogP contribution is -2.56. The van der Waals surface area contributed by atoms with Crippen LogP contribution in [0, 0.1) is 5.92 Å². The molecule has 1 heterocycles. The predicted molar refractivity (Wildman–Crippen MR) is 114 cm³/mol. The van der Waals surface area contributed by atoms with Gasteiger partial charge in [-0.1, -0.05) is 43.2 Å². The van der Waals surface area contributed by atoms with Crippen molar-refractivity contribution in [2.45, 2.75) is 43.7 Å². The number of carbonyl (C=O) groups is 1. The van der Waals surface area contributed by atoms with Crippen LogP contribution in [0.4, 0.5) is 5.69 Å². The number of hydrogen-bond donors (Lipinski definition) is 2. The summed E-state index contributed by atoms with van der Waals surface area (Å²) in [6.07, 6.45) is 4.78. The topological polar surface area (TPSA) is 61.8 Å². The van der Waals surface area contributed by atoms with E-state index in [9.17, 15) is 9.90 Å². The van der Waals surface area contributed by atoms with Crippen LogP contribution in [0.1, 0.15) is 43.7 Å². The molecule has 4 rings (SSSR count). The average molecular weight is 395 g/mol. The molecule has 29 heavy (non-hydrogen) atoms. The van der Waals surface area contributed by atoms with Gasteiger partial charge in [0.2, 0.25) is 5.91 Å². The molecule has 0 radical (unpaired) electrons. The highest BCUT2D eigenvalue weighted by Gasteiger charge is 2.49. The van der Waals surface area contributed by atoms with Crippen molar-refractivity contribution in [3.05, 3.63) is 60.2 Å². The fourth-order valence-electron chi connectivity index (χ4n) is 5.07. The Morgan fingerprint density at radius 1 is 1.14 bits per heavy atom.